The van der Waals surface area contributed by atoms with Crippen molar-refractivity contribution in [2.75, 3.05) is 13.2 Å². The van der Waals surface area contributed by atoms with Gasteiger partial charge >= 0.3 is 0 Å². The zero-order valence-electron chi connectivity index (χ0n) is 5.93. The van der Waals surface area contributed by atoms with Gasteiger partial charge in [0, 0.05) is 12.6 Å². The fraction of sp³-hybridized carbons (Fsp3) is 1.00. The van der Waals surface area contributed by atoms with Gasteiger partial charge in [0.2, 0.25) is 0 Å². The molecule has 54 valence electrons. The summed E-state index contributed by atoms with van der Waals surface area (Å²) in [5.74, 6) is 0.523. The summed E-state index contributed by atoms with van der Waals surface area (Å²) in [4.78, 5) is 0. The first-order valence-electron chi connectivity index (χ1n) is 3.72. The van der Waals surface area contributed by atoms with E-state index in [2.05, 4.69) is 12.2 Å². The Morgan fingerprint density at radius 3 is 2.89 bits per heavy atom. The van der Waals surface area contributed by atoms with Crippen LogP contribution in [0.2, 0.25) is 0 Å². The highest BCUT2D eigenvalue weighted by Crippen LogP contribution is 2.16. The van der Waals surface area contributed by atoms with Crippen LogP contribution in [0.5, 0.6) is 0 Å². The third-order valence-electron chi connectivity index (χ3n) is 2.17. The van der Waals surface area contributed by atoms with Crippen LogP contribution in [0.3, 0.4) is 0 Å². The average molecular weight is 129 g/mol. The standard InChI is InChI=1S/C7H15NO/c1-2-7-6(5-9)3-4-8-7/h6-9H,2-5H2,1H3/t6-,7+/m1/s1. The van der Waals surface area contributed by atoms with E-state index in [1.807, 2.05) is 0 Å². The maximum Gasteiger partial charge on any atom is 0.0474 e. The largest absolute Gasteiger partial charge is 0.396 e. The molecule has 0 saturated carbocycles. The molecule has 1 aliphatic rings. The van der Waals surface area contributed by atoms with E-state index in [1.165, 1.54) is 0 Å². The molecular formula is C7H15NO. The Bertz CT molecular complexity index is 75.0. The Balaban J connectivity index is 2.32. The van der Waals surface area contributed by atoms with Gasteiger partial charge in [0.1, 0.15) is 0 Å². The van der Waals surface area contributed by atoms with Gasteiger partial charge in [-0.1, -0.05) is 6.92 Å². The van der Waals surface area contributed by atoms with E-state index in [0.717, 1.165) is 19.4 Å². The van der Waals surface area contributed by atoms with Gasteiger partial charge < -0.3 is 10.4 Å². The van der Waals surface area contributed by atoms with E-state index in [1.54, 1.807) is 0 Å². The molecule has 0 unspecified atom stereocenters. The lowest BCUT2D eigenvalue weighted by molar-refractivity contribution is 0.212. The maximum absolute atomic E-state index is 8.83. The molecule has 9 heavy (non-hydrogen) atoms. The SMILES string of the molecule is CC[C@@H]1NCC[C@@H]1CO. The molecule has 0 radical (unpaired) electrons. The molecule has 1 fully saturated rings. The lowest BCUT2D eigenvalue weighted by atomic mass is 10.0. The van der Waals surface area contributed by atoms with Gasteiger partial charge in [-0.25, -0.2) is 0 Å². The molecule has 0 aliphatic carbocycles. The molecule has 1 rings (SSSR count). The second-order valence-electron chi connectivity index (χ2n) is 2.70. The Morgan fingerprint density at radius 1 is 1.67 bits per heavy atom. The molecule has 0 spiro atoms. The summed E-state index contributed by atoms with van der Waals surface area (Å²) in [6, 6.07) is 0.579. The van der Waals surface area contributed by atoms with Gasteiger partial charge in [-0.05, 0) is 25.3 Å². The Hall–Kier alpha value is -0.0800. The van der Waals surface area contributed by atoms with Crippen molar-refractivity contribution in [3.05, 3.63) is 0 Å². The predicted octanol–water partition coefficient (Wildman–Crippen LogP) is 0.367. The van der Waals surface area contributed by atoms with Crippen molar-refractivity contribution in [1.82, 2.24) is 5.32 Å². The van der Waals surface area contributed by atoms with Crippen LogP contribution in [0.1, 0.15) is 19.8 Å². The van der Waals surface area contributed by atoms with Gasteiger partial charge in [-0.3, -0.25) is 0 Å². The minimum absolute atomic E-state index is 0.353. The van der Waals surface area contributed by atoms with Crippen LogP contribution in [-0.2, 0) is 0 Å². The molecule has 0 amide bonds. The van der Waals surface area contributed by atoms with Gasteiger partial charge in [0.25, 0.3) is 0 Å². The number of aliphatic hydroxyl groups excluding tert-OH is 1. The summed E-state index contributed by atoms with van der Waals surface area (Å²) in [6.45, 7) is 3.60. The van der Waals surface area contributed by atoms with Crippen molar-refractivity contribution in [3.63, 3.8) is 0 Å². The van der Waals surface area contributed by atoms with Crippen molar-refractivity contribution in [1.29, 1.82) is 0 Å². The summed E-state index contributed by atoms with van der Waals surface area (Å²) >= 11 is 0. The summed E-state index contributed by atoms with van der Waals surface area (Å²) in [6.07, 6.45) is 2.29. The zero-order valence-corrected chi connectivity index (χ0v) is 5.93. The minimum Gasteiger partial charge on any atom is -0.396 e. The molecule has 0 aromatic rings. The maximum atomic E-state index is 8.83. The van der Waals surface area contributed by atoms with E-state index in [4.69, 9.17) is 5.11 Å². The quantitative estimate of drug-likeness (QED) is 0.564. The summed E-state index contributed by atoms with van der Waals surface area (Å²) < 4.78 is 0. The van der Waals surface area contributed by atoms with Gasteiger partial charge in [-0.2, -0.15) is 0 Å². The van der Waals surface area contributed by atoms with E-state index in [9.17, 15) is 0 Å². The monoisotopic (exact) mass is 129 g/mol. The second kappa shape index (κ2) is 3.18. The van der Waals surface area contributed by atoms with Gasteiger partial charge in [-0.15, -0.1) is 0 Å². The van der Waals surface area contributed by atoms with Crippen LogP contribution in [0.15, 0.2) is 0 Å². The van der Waals surface area contributed by atoms with E-state index < -0.39 is 0 Å². The zero-order chi connectivity index (χ0) is 6.69. The van der Waals surface area contributed by atoms with Gasteiger partial charge in [0.05, 0.1) is 0 Å². The summed E-state index contributed by atoms with van der Waals surface area (Å²) in [5, 5.41) is 12.2. The molecule has 2 N–H and O–H groups in total. The van der Waals surface area contributed by atoms with Crippen molar-refractivity contribution in [2.45, 2.75) is 25.8 Å². The van der Waals surface area contributed by atoms with Crippen LogP contribution < -0.4 is 5.32 Å². The van der Waals surface area contributed by atoms with Crippen LogP contribution in [0.25, 0.3) is 0 Å². The smallest absolute Gasteiger partial charge is 0.0474 e. The van der Waals surface area contributed by atoms with Crippen molar-refractivity contribution in [2.24, 2.45) is 5.92 Å². The predicted molar refractivity (Wildman–Crippen MR) is 37.3 cm³/mol. The highest BCUT2D eigenvalue weighted by molar-refractivity contribution is 4.81. The molecule has 1 heterocycles. The van der Waals surface area contributed by atoms with E-state index in [0.29, 0.717) is 18.6 Å². The topological polar surface area (TPSA) is 32.3 Å². The van der Waals surface area contributed by atoms with Crippen LogP contribution in [-0.4, -0.2) is 24.3 Å². The van der Waals surface area contributed by atoms with Crippen molar-refractivity contribution in [3.8, 4) is 0 Å². The Labute approximate surface area is 56.3 Å². The lowest BCUT2D eigenvalue weighted by Gasteiger charge is -2.13. The molecule has 1 aliphatic heterocycles. The summed E-state index contributed by atoms with van der Waals surface area (Å²) in [5.41, 5.74) is 0. The first-order chi connectivity index (χ1) is 4.38. The van der Waals surface area contributed by atoms with E-state index >= 15 is 0 Å². The Morgan fingerprint density at radius 2 is 2.44 bits per heavy atom. The molecule has 0 aromatic carbocycles. The van der Waals surface area contributed by atoms with Crippen LogP contribution in [0.4, 0.5) is 0 Å². The van der Waals surface area contributed by atoms with E-state index in [-0.39, 0.29) is 0 Å². The molecule has 0 bridgehead atoms. The lowest BCUT2D eigenvalue weighted by Crippen LogP contribution is -2.27. The fourth-order valence-corrected chi connectivity index (χ4v) is 1.52. The van der Waals surface area contributed by atoms with Crippen molar-refractivity contribution < 1.29 is 5.11 Å². The number of hydrogen-bond donors (Lipinski definition) is 2. The Kier molecular flexibility index (Phi) is 2.49. The van der Waals surface area contributed by atoms with Crippen LogP contribution >= 0.6 is 0 Å². The molecule has 2 nitrogen and oxygen atoms in total. The number of hydrogen-bond acceptors (Lipinski definition) is 2. The van der Waals surface area contributed by atoms with Crippen LogP contribution in [0, 0.1) is 5.92 Å². The normalized spacial score (nSPS) is 35.3. The molecule has 2 atom stereocenters. The summed E-state index contributed by atoms with van der Waals surface area (Å²) in [7, 11) is 0. The molecule has 0 aromatic heterocycles. The highest BCUT2D eigenvalue weighted by Gasteiger charge is 2.23. The number of rotatable bonds is 2. The van der Waals surface area contributed by atoms with Crippen molar-refractivity contribution >= 4 is 0 Å². The second-order valence-corrected chi connectivity index (χ2v) is 2.70. The third-order valence-corrected chi connectivity index (χ3v) is 2.17. The minimum atomic E-state index is 0.353. The first kappa shape index (κ1) is 7.03. The number of nitrogens with one attached hydrogen (secondary N) is 1. The molecule has 1 saturated heterocycles. The molecular weight excluding hydrogens is 114 g/mol. The first-order valence-corrected chi connectivity index (χ1v) is 3.72. The average Bonchev–Trinajstić information content (AvgIpc) is 2.33. The number of aliphatic hydroxyl groups is 1. The highest BCUT2D eigenvalue weighted by atomic mass is 16.3. The third kappa shape index (κ3) is 1.43. The molecule has 2 heteroatoms. The fourth-order valence-electron chi connectivity index (χ4n) is 1.52. The van der Waals surface area contributed by atoms with Gasteiger partial charge in [0.15, 0.2) is 0 Å².